The second kappa shape index (κ2) is 10.3. The molecular weight excluding hydrogens is 228 g/mol. The highest BCUT2D eigenvalue weighted by Gasteiger charge is 2.11. The summed E-state index contributed by atoms with van der Waals surface area (Å²) in [5.41, 5.74) is 0. The van der Waals surface area contributed by atoms with Gasteiger partial charge in [-0.05, 0) is 37.8 Å². The van der Waals surface area contributed by atoms with E-state index in [2.05, 4.69) is 37.9 Å². The first-order chi connectivity index (χ1) is 8.45. The Bertz CT molecular complexity index is 206. The van der Waals surface area contributed by atoms with Gasteiger partial charge in [-0.25, -0.2) is 0 Å². The van der Waals surface area contributed by atoms with Gasteiger partial charge in [0.05, 0.1) is 13.2 Å². The summed E-state index contributed by atoms with van der Waals surface area (Å²) in [7, 11) is 0. The molecule has 0 heterocycles. The van der Waals surface area contributed by atoms with Crippen molar-refractivity contribution in [3.63, 3.8) is 0 Å². The average Bonchev–Trinajstić information content (AvgIpc) is 2.29. The summed E-state index contributed by atoms with van der Waals surface area (Å²) < 4.78 is 0. The molecule has 0 aliphatic carbocycles. The predicted octanol–water partition coefficient (Wildman–Crippen LogP) is 1.49. The van der Waals surface area contributed by atoms with Gasteiger partial charge < -0.3 is 10.4 Å². The van der Waals surface area contributed by atoms with Gasteiger partial charge >= 0.3 is 0 Å². The summed E-state index contributed by atoms with van der Waals surface area (Å²) in [5.74, 6) is 1.33. The van der Waals surface area contributed by atoms with Crippen LogP contribution in [0, 0.1) is 11.8 Å². The van der Waals surface area contributed by atoms with E-state index in [-0.39, 0.29) is 12.5 Å². The first-order valence-electron chi connectivity index (χ1n) is 7.05. The molecule has 4 heteroatoms. The normalized spacial score (nSPS) is 11.6. The Kier molecular flexibility index (Phi) is 9.98. The number of carbonyl (C=O) groups is 1. The number of aliphatic hydroxyl groups is 1. The van der Waals surface area contributed by atoms with Crippen LogP contribution in [-0.2, 0) is 4.79 Å². The van der Waals surface area contributed by atoms with Crippen molar-refractivity contribution < 1.29 is 9.90 Å². The van der Waals surface area contributed by atoms with Gasteiger partial charge in [0.2, 0.25) is 5.91 Å². The Hall–Kier alpha value is -0.610. The Morgan fingerprint density at radius 2 is 1.61 bits per heavy atom. The molecule has 0 fully saturated rings. The van der Waals surface area contributed by atoms with Gasteiger partial charge in [-0.1, -0.05) is 27.7 Å². The lowest BCUT2D eigenvalue weighted by Gasteiger charge is -2.23. The van der Waals surface area contributed by atoms with Crippen molar-refractivity contribution in [1.29, 1.82) is 0 Å². The predicted molar refractivity (Wildman–Crippen MR) is 75.4 cm³/mol. The monoisotopic (exact) mass is 258 g/mol. The van der Waals surface area contributed by atoms with Gasteiger partial charge in [0.25, 0.3) is 0 Å². The highest BCUT2D eigenvalue weighted by Crippen LogP contribution is 2.06. The number of hydrogen-bond acceptors (Lipinski definition) is 3. The van der Waals surface area contributed by atoms with Gasteiger partial charge in [-0.15, -0.1) is 0 Å². The molecule has 0 rings (SSSR count). The van der Waals surface area contributed by atoms with Crippen LogP contribution in [0.2, 0.25) is 0 Å². The zero-order valence-corrected chi connectivity index (χ0v) is 12.4. The fourth-order valence-electron chi connectivity index (χ4n) is 1.61. The average molecular weight is 258 g/mol. The number of rotatable bonds is 10. The molecule has 0 atom stereocenters. The summed E-state index contributed by atoms with van der Waals surface area (Å²) in [6.07, 6.45) is 2.23. The minimum atomic E-state index is 0.00370. The van der Waals surface area contributed by atoms with E-state index in [1.165, 1.54) is 0 Å². The van der Waals surface area contributed by atoms with Crippen LogP contribution in [0.15, 0.2) is 0 Å². The highest BCUT2D eigenvalue weighted by atomic mass is 16.3. The van der Waals surface area contributed by atoms with Crippen molar-refractivity contribution in [1.82, 2.24) is 10.2 Å². The molecule has 0 aromatic carbocycles. The zero-order chi connectivity index (χ0) is 14.0. The molecule has 1 amide bonds. The van der Waals surface area contributed by atoms with Crippen molar-refractivity contribution in [3.05, 3.63) is 0 Å². The molecular formula is C14H30N2O2. The molecule has 2 N–H and O–H groups in total. The van der Waals surface area contributed by atoms with Crippen molar-refractivity contribution >= 4 is 5.91 Å². The maximum Gasteiger partial charge on any atom is 0.234 e. The first-order valence-corrected chi connectivity index (χ1v) is 7.05. The largest absolute Gasteiger partial charge is 0.395 e. The number of nitrogens with one attached hydrogen (secondary N) is 1. The summed E-state index contributed by atoms with van der Waals surface area (Å²) in [5, 5.41) is 11.4. The van der Waals surface area contributed by atoms with E-state index in [9.17, 15) is 4.79 Å². The molecule has 0 aliphatic heterocycles. The fraction of sp³-hybridized carbons (Fsp3) is 0.929. The molecule has 0 aromatic rings. The quantitative estimate of drug-likeness (QED) is 0.624. The van der Waals surface area contributed by atoms with Gasteiger partial charge in [0.1, 0.15) is 0 Å². The molecule has 0 aromatic heterocycles. The van der Waals surface area contributed by atoms with Crippen LogP contribution in [0.25, 0.3) is 0 Å². The maximum absolute atomic E-state index is 11.6. The molecule has 0 aliphatic rings. The number of carbonyl (C=O) groups excluding carboxylic acids is 1. The molecule has 108 valence electrons. The number of aliphatic hydroxyl groups excluding tert-OH is 1. The lowest BCUT2D eigenvalue weighted by Crippen LogP contribution is -2.39. The van der Waals surface area contributed by atoms with Crippen LogP contribution < -0.4 is 5.32 Å². The second-order valence-electron chi connectivity index (χ2n) is 5.71. The third-order valence-electron chi connectivity index (χ3n) is 2.85. The van der Waals surface area contributed by atoms with Crippen LogP contribution in [-0.4, -0.2) is 48.7 Å². The van der Waals surface area contributed by atoms with Crippen molar-refractivity contribution in [3.8, 4) is 0 Å². The van der Waals surface area contributed by atoms with Gasteiger partial charge in [-0.2, -0.15) is 0 Å². The minimum Gasteiger partial charge on any atom is -0.395 e. The van der Waals surface area contributed by atoms with Crippen LogP contribution in [0.4, 0.5) is 0 Å². The first kappa shape index (κ1) is 17.4. The topological polar surface area (TPSA) is 52.6 Å². The third-order valence-corrected chi connectivity index (χ3v) is 2.85. The van der Waals surface area contributed by atoms with Crippen molar-refractivity contribution in [2.75, 3.05) is 32.8 Å². The molecule has 0 spiro atoms. The second-order valence-corrected chi connectivity index (χ2v) is 5.71. The zero-order valence-electron chi connectivity index (χ0n) is 12.4. The molecule has 0 saturated carbocycles. The van der Waals surface area contributed by atoms with E-state index >= 15 is 0 Å². The summed E-state index contributed by atoms with van der Waals surface area (Å²) >= 11 is 0. The Balaban J connectivity index is 4.05. The van der Waals surface area contributed by atoms with E-state index in [0.717, 1.165) is 25.9 Å². The van der Waals surface area contributed by atoms with Gasteiger partial charge in [0, 0.05) is 6.54 Å². The van der Waals surface area contributed by atoms with Crippen LogP contribution in [0.5, 0.6) is 0 Å². The molecule has 0 radical (unpaired) electrons. The Morgan fingerprint density at radius 3 is 2.00 bits per heavy atom. The Morgan fingerprint density at radius 1 is 1.11 bits per heavy atom. The Labute approximate surface area is 112 Å². The van der Waals surface area contributed by atoms with E-state index in [4.69, 9.17) is 5.11 Å². The molecule has 18 heavy (non-hydrogen) atoms. The molecule has 0 bridgehead atoms. The third kappa shape index (κ3) is 10.5. The number of nitrogens with zero attached hydrogens (tertiary/aromatic N) is 1. The fourth-order valence-corrected chi connectivity index (χ4v) is 1.61. The van der Waals surface area contributed by atoms with Crippen LogP contribution >= 0.6 is 0 Å². The van der Waals surface area contributed by atoms with Gasteiger partial charge in [0.15, 0.2) is 0 Å². The smallest absolute Gasteiger partial charge is 0.234 e. The van der Waals surface area contributed by atoms with E-state index < -0.39 is 0 Å². The van der Waals surface area contributed by atoms with E-state index in [1.807, 2.05) is 0 Å². The standard InChI is InChI=1S/C14H30N2O2/c1-12(2)5-8-16(9-6-13(3)4)11-14(18)15-7-10-17/h12-13,17H,5-11H2,1-4H3,(H,15,18). The summed E-state index contributed by atoms with van der Waals surface area (Å²) in [6, 6.07) is 0. The lowest BCUT2D eigenvalue weighted by atomic mass is 10.1. The SMILES string of the molecule is CC(C)CCN(CCC(C)C)CC(=O)NCCO. The molecule has 0 saturated heterocycles. The van der Waals surface area contributed by atoms with Crippen LogP contribution in [0.1, 0.15) is 40.5 Å². The lowest BCUT2D eigenvalue weighted by molar-refractivity contribution is -0.122. The minimum absolute atomic E-state index is 0.00370. The highest BCUT2D eigenvalue weighted by molar-refractivity contribution is 5.77. The van der Waals surface area contributed by atoms with Crippen molar-refractivity contribution in [2.45, 2.75) is 40.5 Å². The van der Waals surface area contributed by atoms with Gasteiger partial charge in [-0.3, -0.25) is 9.69 Å². The van der Waals surface area contributed by atoms with E-state index in [1.54, 1.807) is 0 Å². The van der Waals surface area contributed by atoms with Crippen LogP contribution in [0.3, 0.4) is 0 Å². The summed E-state index contributed by atoms with van der Waals surface area (Å²) in [4.78, 5) is 13.9. The number of amides is 1. The molecule has 0 unspecified atom stereocenters. The summed E-state index contributed by atoms with van der Waals surface area (Å²) in [6.45, 7) is 11.5. The van der Waals surface area contributed by atoms with E-state index in [0.29, 0.717) is 24.9 Å². The number of hydrogen-bond donors (Lipinski definition) is 2. The molecule has 4 nitrogen and oxygen atoms in total. The maximum atomic E-state index is 11.6. The van der Waals surface area contributed by atoms with Crippen molar-refractivity contribution in [2.24, 2.45) is 11.8 Å².